The van der Waals surface area contributed by atoms with E-state index in [2.05, 4.69) is 17.4 Å². The molecule has 1 aromatic carbocycles. The quantitative estimate of drug-likeness (QED) is 0.867. The minimum Gasteiger partial charge on any atom is -0.465 e. The van der Waals surface area contributed by atoms with E-state index in [1.165, 1.54) is 10.5 Å². The molecule has 1 aromatic rings. The van der Waals surface area contributed by atoms with E-state index in [-0.39, 0.29) is 12.1 Å². The fourth-order valence-electron chi connectivity index (χ4n) is 2.90. The maximum Gasteiger partial charge on any atom is 0.407 e. The van der Waals surface area contributed by atoms with Crippen LogP contribution in [-0.4, -0.2) is 59.3 Å². The topological polar surface area (TPSA) is 72.9 Å². The first kappa shape index (κ1) is 13.7. The number of benzene rings is 1. The predicted octanol–water partition coefficient (Wildman–Crippen LogP) is 1.55. The second-order valence-electron chi connectivity index (χ2n) is 5.68. The van der Waals surface area contributed by atoms with Gasteiger partial charge < -0.3 is 20.2 Å². The second kappa shape index (κ2) is 5.63. The third-order valence-electron chi connectivity index (χ3n) is 4.23. The number of carboxylic acid groups (broad SMARTS) is 1. The van der Waals surface area contributed by atoms with Gasteiger partial charge in [-0.05, 0) is 12.0 Å². The van der Waals surface area contributed by atoms with Crippen molar-refractivity contribution in [3.8, 4) is 0 Å². The number of nitrogens with zero attached hydrogens (tertiary/aromatic N) is 2. The molecule has 1 atom stereocenters. The van der Waals surface area contributed by atoms with Gasteiger partial charge in [0.1, 0.15) is 0 Å². The number of hydrogen-bond donors (Lipinski definition) is 2. The zero-order valence-electron chi connectivity index (χ0n) is 11.7. The van der Waals surface area contributed by atoms with Crippen molar-refractivity contribution in [2.75, 3.05) is 26.2 Å². The Hall–Kier alpha value is -2.24. The lowest BCUT2D eigenvalue weighted by Gasteiger charge is -2.40. The van der Waals surface area contributed by atoms with E-state index in [4.69, 9.17) is 5.11 Å². The average molecular weight is 289 g/mol. The Morgan fingerprint density at radius 1 is 1.10 bits per heavy atom. The Labute approximate surface area is 123 Å². The monoisotopic (exact) mass is 289 g/mol. The van der Waals surface area contributed by atoms with Gasteiger partial charge in [-0.15, -0.1) is 0 Å². The van der Waals surface area contributed by atoms with Crippen LogP contribution in [0.3, 0.4) is 0 Å². The van der Waals surface area contributed by atoms with Crippen LogP contribution in [0.25, 0.3) is 0 Å². The van der Waals surface area contributed by atoms with E-state index >= 15 is 0 Å². The van der Waals surface area contributed by atoms with Crippen LogP contribution in [-0.2, 0) is 0 Å². The SMILES string of the molecule is O=C(O)N1CCC(NC(=O)N2CC(c3ccccc3)C2)C1. The lowest BCUT2D eigenvalue weighted by molar-refractivity contribution is 0.144. The number of carbonyl (C=O) groups is 2. The summed E-state index contributed by atoms with van der Waals surface area (Å²) in [6.07, 6.45) is -0.228. The van der Waals surface area contributed by atoms with Gasteiger partial charge in [-0.2, -0.15) is 0 Å². The third kappa shape index (κ3) is 2.94. The molecule has 0 aromatic heterocycles. The predicted molar refractivity (Wildman–Crippen MR) is 77.3 cm³/mol. The normalized spacial score (nSPS) is 22.0. The summed E-state index contributed by atoms with van der Waals surface area (Å²) >= 11 is 0. The average Bonchev–Trinajstić information content (AvgIpc) is 2.87. The fourth-order valence-corrected chi connectivity index (χ4v) is 2.90. The molecule has 2 aliphatic rings. The molecular weight excluding hydrogens is 270 g/mol. The lowest BCUT2D eigenvalue weighted by Crippen LogP contribution is -2.54. The van der Waals surface area contributed by atoms with E-state index in [0.29, 0.717) is 25.4 Å². The van der Waals surface area contributed by atoms with Crippen LogP contribution >= 0.6 is 0 Å². The largest absolute Gasteiger partial charge is 0.465 e. The molecule has 1 unspecified atom stereocenters. The standard InChI is InChI=1S/C15H19N3O3/c19-14(16-13-6-7-17(10-13)15(20)21)18-8-12(9-18)11-4-2-1-3-5-11/h1-5,12-13H,6-10H2,(H,16,19)(H,20,21). The molecule has 6 nitrogen and oxygen atoms in total. The molecule has 2 saturated heterocycles. The molecule has 2 N–H and O–H groups in total. The van der Waals surface area contributed by atoms with Crippen molar-refractivity contribution in [3.05, 3.63) is 35.9 Å². The Bertz CT molecular complexity index is 528. The van der Waals surface area contributed by atoms with Crippen LogP contribution in [0.2, 0.25) is 0 Å². The number of rotatable bonds is 2. The molecule has 112 valence electrons. The van der Waals surface area contributed by atoms with Crippen LogP contribution in [0.5, 0.6) is 0 Å². The summed E-state index contributed by atoms with van der Waals surface area (Å²) < 4.78 is 0. The molecule has 3 amide bonds. The number of hydrogen-bond acceptors (Lipinski definition) is 2. The highest BCUT2D eigenvalue weighted by Gasteiger charge is 2.34. The molecule has 2 aliphatic heterocycles. The molecule has 0 spiro atoms. The van der Waals surface area contributed by atoms with Gasteiger partial charge in [0.15, 0.2) is 0 Å². The van der Waals surface area contributed by atoms with Crippen LogP contribution in [0.1, 0.15) is 17.9 Å². The van der Waals surface area contributed by atoms with Crippen LogP contribution in [0.15, 0.2) is 30.3 Å². The fraction of sp³-hybridized carbons (Fsp3) is 0.467. The zero-order valence-corrected chi connectivity index (χ0v) is 11.7. The van der Waals surface area contributed by atoms with Gasteiger partial charge in [0.2, 0.25) is 0 Å². The molecule has 6 heteroatoms. The summed E-state index contributed by atoms with van der Waals surface area (Å²) in [5.74, 6) is 0.413. The van der Waals surface area contributed by atoms with Crippen molar-refractivity contribution in [2.45, 2.75) is 18.4 Å². The molecule has 21 heavy (non-hydrogen) atoms. The van der Waals surface area contributed by atoms with Crippen molar-refractivity contribution in [3.63, 3.8) is 0 Å². The number of carbonyl (C=O) groups excluding carboxylic acids is 1. The van der Waals surface area contributed by atoms with Crippen LogP contribution in [0.4, 0.5) is 9.59 Å². The molecule has 0 aliphatic carbocycles. The van der Waals surface area contributed by atoms with E-state index in [0.717, 1.165) is 13.1 Å². The first-order valence-electron chi connectivity index (χ1n) is 7.22. The number of amides is 3. The highest BCUT2D eigenvalue weighted by molar-refractivity contribution is 5.76. The van der Waals surface area contributed by atoms with Crippen molar-refractivity contribution in [1.29, 1.82) is 0 Å². The first-order chi connectivity index (χ1) is 10.1. The number of nitrogens with one attached hydrogen (secondary N) is 1. The zero-order chi connectivity index (χ0) is 14.8. The van der Waals surface area contributed by atoms with Gasteiger partial charge in [-0.25, -0.2) is 9.59 Å². The van der Waals surface area contributed by atoms with Crippen molar-refractivity contribution < 1.29 is 14.7 Å². The van der Waals surface area contributed by atoms with E-state index in [9.17, 15) is 9.59 Å². The maximum atomic E-state index is 12.1. The summed E-state index contributed by atoms with van der Waals surface area (Å²) in [5.41, 5.74) is 1.26. The molecule has 2 heterocycles. The summed E-state index contributed by atoms with van der Waals surface area (Å²) in [4.78, 5) is 26.0. The first-order valence-corrected chi connectivity index (χ1v) is 7.22. The van der Waals surface area contributed by atoms with Crippen LogP contribution < -0.4 is 5.32 Å². The minimum absolute atomic E-state index is 0.0654. The van der Waals surface area contributed by atoms with Gasteiger partial charge in [0.25, 0.3) is 0 Å². The van der Waals surface area contributed by atoms with Gasteiger partial charge >= 0.3 is 12.1 Å². The van der Waals surface area contributed by atoms with Crippen molar-refractivity contribution in [2.24, 2.45) is 0 Å². The maximum absolute atomic E-state index is 12.1. The molecule has 0 saturated carbocycles. The summed E-state index contributed by atoms with van der Waals surface area (Å²) in [7, 11) is 0. The summed E-state index contributed by atoms with van der Waals surface area (Å²) in [5, 5.41) is 11.8. The summed E-state index contributed by atoms with van der Waals surface area (Å²) in [6, 6.07) is 10.0. The smallest absolute Gasteiger partial charge is 0.407 e. The summed E-state index contributed by atoms with van der Waals surface area (Å²) in [6.45, 7) is 2.33. The molecule has 2 fully saturated rings. The highest BCUT2D eigenvalue weighted by Crippen LogP contribution is 2.26. The molecule has 3 rings (SSSR count). The molecular formula is C15H19N3O3. The Morgan fingerprint density at radius 2 is 1.81 bits per heavy atom. The van der Waals surface area contributed by atoms with Gasteiger partial charge in [-0.1, -0.05) is 30.3 Å². The van der Waals surface area contributed by atoms with Crippen molar-refractivity contribution >= 4 is 12.1 Å². The Morgan fingerprint density at radius 3 is 2.43 bits per heavy atom. The van der Waals surface area contributed by atoms with Crippen molar-refractivity contribution in [1.82, 2.24) is 15.1 Å². The van der Waals surface area contributed by atoms with E-state index < -0.39 is 6.09 Å². The molecule has 0 bridgehead atoms. The van der Waals surface area contributed by atoms with Crippen LogP contribution in [0, 0.1) is 0 Å². The highest BCUT2D eigenvalue weighted by atomic mass is 16.4. The Balaban J connectivity index is 1.45. The van der Waals surface area contributed by atoms with E-state index in [1.54, 1.807) is 4.90 Å². The number of urea groups is 1. The van der Waals surface area contributed by atoms with Gasteiger partial charge in [0, 0.05) is 38.1 Å². The lowest BCUT2D eigenvalue weighted by atomic mass is 9.92. The van der Waals surface area contributed by atoms with Gasteiger partial charge in [0.05, 0.1) is 0 Å². The minimum atomic E-state index is -0.917. The third-order valence-corrected chi connectivity index (χ3v) is 4.23. The Kier molecular flexibility index (Phi) is 3.68. The number of likely N-dealkylation sites (tertiary alicyclic amines) is 2. The molecule has 0 radical (unpaired) electrons. The van der Waals surface area contributed by atoms with Gasteiger partial charge in [-0.3, -0.25) is 0 Å². The second-order valence-corrected chi connectivity index (χ2v) is 5.68. The van der Waals surface area contributed by atoms with E-state index in [1.807, 2.05) is 18.2 Å².